The summed E-state index contributed by atoms with van der Waals surface area (Å²) in [5, 5.41) is 9.47. The van der Waals surface area contributed by atoms with Gasteiger partial charge in [-0.15, -0.1) is 0 Å². The average Bonchev–Trinajstić information content (AvgIpc) is 2.56. The molecule has 7 heteroatoms. The minimum absolute atomic E-state index is 0.183. The Hall–Kier alpha value is -1.59. The number of fused-ring (bicyclic) bond motifs is 1. The van der Waals surface area contributed by atoms with Gasteiger partial charge in [-0.2, -0.15) is 0 Å². The van der Waals surface area contributed by atoms with Gasteiger partial charge in [-0.1, -0.05) is 23.2 Å². The largest absolute Gasteiger partial charge is 0.475 e. The highest BCUT2D eigenvalue weighted by Gasteiger charge is 2.21. The molecular formula is C10H6Cl2N2O3. The molecule has 0 spiro atoms. The van der Waals surface area contributed by atoms with Crippen molar-refractivity contribution in [1.29, 1.82) is 0 Å². The van der Waals surface area contributed by atoms with Gasteiger partial charge < -0.3 is 5.11 Å². The Bertz CT molecular complexity index is 649. The molecule has 0 aliphatic rings. The maximum atomic E-state index is 11.5. The number of benzene rings is 1. The van der Waals surface area contributed by atoms with Crippen LogP contribution >= 0.6 is 23.2 Å². The number of hydrogen-bond donors (Lipinski definition) is 1. The van der Waals surface area contributed by atoms with Crippen LogP contribution < -0.4 is 0 Å². The minimum Gasteiger partial charge on any atom is -0.475 e. The SMILES string of the molecule is CC(=O)n1c(C(=O)O)nc2cc(Cl)cc(Cl)c21. The van der Waals surface area contributed by atoms with Crippen LogP contribution in [0, 0.1) is 0 Å². The van der Waals surface area contributed by atoms with E-state index in [0.717, 1.165) is 4.57 Å². The van der Waals surface area contributed by atoms with Crippen LogP contribution in [-0.4, -0.2) is 26.5 Å². The Morgan fingerprint density at radius 3 is 2.53 bits per heavy atom. The van der Waals surface area contributed by atoms with Gasteiger partial charge >= 0.3 is 5.97 Å². The maximum absolute atomic E-state index is 11.5. The number of aromatic nitrogens is 2. The van der Waals surface area contributed by atoms with Crippen molar-refractivity contribution in [2.24, 2.45) is 0 Å². The van der Waals surface area contributed by atoms with Crippen LogP contribution in [0.5, 0.6) is 0 Å². The van der Waals surface area contributed by atoms with E-state index in [1.54, 1.807) is 0 Å². The fourth-order valence-electron chi connectivity index (χ4n) is 1.58. The summed E-state index contributed by atoms with van der Waals surface area (Å²) in [7, 11) is 0. The van der Waals surface area contributed by atoms with Gasteiger partial charge in [0.1, 0.15) is 0 Å². The number of carboxylic acids is 1. The maximum Gasteiger partial charge on any atom is 0.372 e. The molecule has 0 aliphatic carbocycles. The van der Waals surface area contributed by atoms with Crippen LogP contribution in [-0.2, 0) is 0 Å². The van der Waals surface area contributed by atoms with Crippen molar-refractivity contribution in [1.82, 2.24) is 9.55 Å². The molecule has 1 aromatic carbocycles. The second-order valence-electron chi connectivity index (χ2n) is 3.35. The predicted molar refractivity (Wildman–Crippen MR) is 63.0 cm³/mol. The third kappa shape index (κ3) is 1.87. The van der Waals surface area contributed by atoms with Gasteiger partial charge in [-0.05, 0) is 12.1 Å². The summed E-state index contributed by atoms with van der Waals surface area (Å²) in [6.07, 6.45) is 0. The molecule has 0 amide bonds. The van der Waals surface area contributed by atoms with Crippen LogP contribution in [0.1, 0.15) is 22.3 Å². The van der Waals surface area contributed by atoms with Crippen LogP contribution in [0.15, 0.2) is 12.1 Å². The quantitative estimate of drug-likeness (QED) is 0.866. The molecular weight excluding hydrogens is 267 g/mol. The van der Waals surface area contributed by atoms with E-state index in [0.29, 0.717) is 5.02 Å². The molecule has 2 rings (SSSR count). The van der Waals surface area contributed by atoms with Crippen LogP contribution in [0.25, 0.3) is 11.0 Å². The molecule has 0 unspecified atom stereocenters. The number of halogens is 2. The van der Waals surface area contributed by atoms with E-state index >= 15 is 0 Å². The van der Waals surface area contributed by atoms with Crippen LogP contribution in [0.3, 0.4) is 0 Å². The molecule has 2 aromatic rings. The Balaban J connectivity index is 2.95. The zero-order valence-electron chi connectivity index (χ0n) is 8.57. The zero-order chi connectivity index (χ0) is 12.7. The van der Waals surface area contributed by atoms with E-state index in [1.807, 2.05) is 0 Å². The number of carbonyl (C=O) groups is 2. The Morgan fingerprint density at radius 1 is 1.35 bits per heavy atom. The summed E-state index contributed by atoms with van der Waals surface area (Å²) in [6.45, 7) is 1.23. The molecule has 5 nitrogen and oxygen atoms in total. The van der Waals surface area contributed by atoms with E-state index in [-0.39, 0.29) is 21.9 Å². The summed E-state index contributed by atoms with van der Waals surface area (Å²) >= 11 is 11.7. The second-order valence-corrected chi connectivity index (χ2v) is 4.19. The molecule has 1 N–H and O–H groups in total. The topological polar surface area (TPSA) is 72.2 Å². The number of aromatic carboxylic acids is 1. The zero-order valence-corrected chi connectivity index (χ0v) is 10.1. The first kappa shape index (κ1) is 11.9. The lowest BCUT2D eigenvalue weighted by molar-refractivity contribution is 0.0669. The molecule has 0 radical (unpaired) electrons. The Kier molecular flexibility index (Phi) is 2.81. The number of rotatable bonds is 1. The lowest BCUT2D eigenvalue weighted by Gasteiger charge is -2.02. The highest BCUT2D eigenvalue weighted by molar-refractivity contribution is 6.38. The average molecular weight is 273 g/mol. The van der Waals surface area contributed by atoms with Gasteiger partial charge in [0.2, 0.25) is 11.7 Å². The second kappa shape index (κ2) is 4.01. The summed E-state index contributed by atoms with van der Waals surface area (Å²) in [6, 6.07) is 2.88. The molecule has 1 aromatic heterocycles. The van der Waals surface area contributed by atoms with Crippen molar-refractivity contribution in [3.8, 4) is 0 Å². The van der Waals surface area contributed by atoms with Gasteiger partial charge in [-0.3, -0.25) is 9.36 Å². The van der Waals surface area contributed by atoms with E-state index in [4.69, 9.17) is 28.3 Å². The molecule has 88 valence electrons. The van der Waals surface area contributed by atoms with Gasteiger partial charge in [0.05, 0.1) is 16.1 Å². The van der Waals surface area contributed by atoms with E-state index in [2.05, 4.69) is 4.98 Å². The minimum atomic E-state index is -1.30. The molecule has 0 saturated carbocycles. The van der Waals surface area contributed by atoms with Crippen molar-refractivity contribution in [3.05, 3.63) is 28.0 Å². The number of imidazole rings is 1. The predicted octanol–water partition coefficient (Wildman–Crippen LogP) is 2.70. The number of nitrogens with zero attached hydrogens (tertiary/aromatic N) is 2. The number of hydrogen-bond acceptors (Lipinski definition) is 3. The third-order valence-electron chi connectivity index (χ3n) is 2.18. The van der Waals surface area contributed by atoms with Crippen molar-refractivity contribution in [3.63, 3.8) is 0 Å². The normalized spacial score (nSPS) is 10.8. The fraction of sp³-hybridized carbons (Fsp3) is 0.100. The van der Waals surface area contributed by atoms with Gasteiger partial charge in [-0.25, -0.2) is 9.78 Å². The van der Waals surface area contributed by atoms with Gasteiger partial charge in [0.25, 0.3) is 0 Å². The summed E-state index contributed by atoms with van der Waals surface area (Å²) < 4.78 is 0.955. The monoisotopic (exact) mass is 272 g/mol. The van der Waals surface area contributed by atoms with Crippen molar-refractivity contribution < 1.29 is 14.7 Å². The number of carboxylic acid groups (broad SMARTS) is 1. The van der Waals surface area contributed by atoms with E-state index in [1.165, 1.54) is 19.1 Å². The van der Waals surface area contributed by atoms with Crippen molar-refractivity contribution >= 4 is 46.1 Å². The molecule has 1 heterocycles. The first-order valence-corrected chi connectivity index (χ1v) is 5.29. The Morgan fingerprint density at radius 2 is 2.00 bits per heavy atom. The molecule has 17 heavy (non-hydrogen) atoms. The Labute approximate surface area is 106 Å². The molecule has 0 bridgehead atoms. The first-order chi connectivity index (χ1) is 7.91. The molecule has 0 saturated heterocycles. The summed E-state index contributed by atoms with van der Waals surface area (Å²) in [5.41, 5.74) is 0.524. The smallest absolute Gasteiger partial charge is 0.372 e. The molecule has 0 atom stereocenters. The van der Waals surface area contributed by atoms with Crippen LogP contribution in [0.2, 0.25) is 10.0 Å². The standard InChI is InChI=1S/C10H6Cl2N2O3/c1-4(15)14-8-6(12)2-5(11)3-7(8)13-9(14)10(16)17/h2-3H,1H3,(H,16,17). The van der Waals surface area contributed by atoms with E-state index in [9.17, 15) is 9.59 Å². The third-order valence-corrected chi connectivity index (χ3v) is 2.68. The molecule has 0 fully saturated rings. The summed E-state index contributed by atoms with van der Waals surface area (Å²) in [4.78, 5) is 26.3. The van der Waals surface area contributed by atoms with Crippen molar-refractivity contribution in [2.75, 3.05) is 0 Å². The van der Waals surface area contributed by atoms with E-state index < -0.39 is 11.9 Å². The number of carbonyl (C=O) groups excluding carboxylic acids is 1. The molecule has 0 aliphatic heterocycles. The highest BCUT2D eigenvalue weighted by Crippen LogP contribution is 2.28. The lowest BCUT2D eigenvalue weighted by atomic mass is 10.3. The first-order valence-electron chi connectivity index (χ1n) is 4.53. The summed E-state index contributed by atoms with van der Waals surface area (Å²) in [5.74, 6) is -2.16. The lowest BCUT2D eigenvalue weighted by Crippen LogP contribution is -2.14. The van der Waals surface area contributed by atoms with Gasteiger partial charge in [0.15, 0.2) is 0 Å². The van der Waals surface area contributed by atoms with Crippen molar-refractivity contribution in [2.45, 2.75) is 6.92 Å². The fourth-order valence-corrected chi connectivity index (χ4v) is 2.15. The highest BCUT2D eigenvalue weighted by atomic mass is 35.5. The van der Waals surface area contributed by atoms with Crippen LogP contribution in [0.4, 0.5) is 0 Å². The van der Waals surface area contributed by atoms with Gasteiger partial charge in [0, 0.05) is 11.9 Å².